The van der Waals surface area contributed by atoms with Crippen molar-refractivity contribution in [1.29, 1.82) is 0 Å². The lowest BCUT2D eigenvalue weighted by Gasteiger charge is -2.36. The van der Waals surface area contributed by atoms with Gasteiger partial charge in [-0.1, -0.05) is 50.1 Å². The second-order valence-corrected chi connectivity index (χ2v) is 9.62. The molecule has 1 amide bonds. The number of aromatic nitrogens is 2. The number of anilines is 1. The highest BCUT2D eigenvalue weighted by Gasteiger charge is 2.25. The van der Waals surface area contributed by atoms with Gasteiger partial charge in [-0.25, -0.2) is 9.97 Å². The number of unbranched alkanes of at least 4 members (excludes halogenated alkanes) is 2. The van der Waals surface area contributed by atoms with Crippen molar-refractivity contribution in [1.82, 2.24) is 14.9 Å². The Kier molecular flexibility index (Phi) is 6.86. The zero-order valence-corrected chi connectivity index (χ0v) is 19.7. The largest absolute Gasteiger partial charge is 0.352 e. The van der Waals surface area contributed by atoms with Gasteiger partial charge in [-0.2, -0.15) is 0 Å². The fourth-order valence-electron chi connectivity index (χ4n) is 4.21. The van der Waals surface area contributed by atoms with Gasteiger partial charge < -0.3 is 9.80 Å². The summed E-state index contributed by atoms with van der Waals surface area (Å²) in [4.78, 5) is 29.2. The minimum absolute atomic E-state index is 0.299. The van der Waals surface area contributed by atoms with Crippen molar-refractivity contribution in [3.05, 3.63) is 52.2 Å². The number of hydrogen-bond acceptors (Lipinski definition) is 5. The van der Waals surface area contributed by atoms with E-state index in [1.807, 2.05) is 11.0 Å². The van der Waals surface area contributed by atoms with E-state index in [-0.39, 0.29) is 0 Å². The summed E-state index contributed by atoms with van der Waals surface area (Å²) in [5.74, 6) is 2.21. The first-order valence-electron chi connectivity index (χ1n) is 11.4. The van der Waals surface area contributed by atoms with E-state index in [0.29, 0.717) is 12.3 Å². The van der Waals surface area contributed by atoms with Crippen LogP contribution in [0.3, 0.4) is 0 Å². The maximum Gasteiger partial charge on any atom is 0.222 e. The van der Waals surface area contributed by atoms with Crippen molar-refractivity contribution in [2.24, 2.45) is 0 Å². The number of benzene rings is 1. The number of nitrogens with zero attached hydrogens (tertiary/aromatic N) is 4. The lowest BCUT2D eigenvalue weighted by Crippen LogP contribution is -2.49. The van der Waals surface area contributed by atoms with Gasteiger partial charge in [0.15, 0.2) is 0 Å². The first-order chi connectivity index (χ1) is 15.1. The van der Waals surface area contributed by atoms with Crippen LogP contribution >= 0.6 is 11.3 Å². The number of fused-ring (bicyclic) bond motifs is 1. The second-order valence-electron chi connectivity index (χ2n) is 8.41. The molecule has 1 aliphatic rings. The normalized spacial score (nSPS) is 14.4. The van der Waals surface area contributed by atoms with E-state index < -0.39 is 0 Å². The van der Waals surface area contributed by atoms with Gasteiger partial charge >= 0.3 is 0 Å². The first kappa shape index (κ1) is 21.8. The molecular weight excluding hydrogens is 404 g/mol. The summed E-state index contributed by atoms with van der Waals surface area (Å²) in [5.41, 5.74) is 2.50. The van der Waals surface area contributed by atoms with Crippen LogP contribution in [0.15, 0.2) is 30.3 Å². The number of amides is 1. The molecule has 0 atom stereocenters. The van der Waals surface area contributed by atoms with E-state index in [0.717, 1.165) is 68.3 Å². The molecule has 0 bridgehead atoms. The Morgan fingerprint density at radius 1 is 1.03 bits per heavy atom. The minimum atomic E-state index is 0.299. The Bertz CT molecular complexity index is 1040. The van der Waals surface area contributed by atoms with Crippen molar-refractivity contribution < 1.29 is 4.79 Å². The molecule has 3 heterocycles. The Morgan fingerprint density at radius 3 is 2.48 bits per heavy atom. The monoisotopic (exact) mass is 436 g/mol. The van der Waals surface area contributed by atoms with E-state index in [4.69, 9.17) is 9.97 Å². The summed E-state index contributed by atoms with van der Waals surface area (Å²) in [7, 11) is 0. The third kappa shape index (κ3) is 4.90. The molecule has 0 aliphatic carbocycles. The fourth-order valence-corrected chi connectivity index (χ4v) is 5.25. The smallest absolute Gasteiger partial charge is 0.222 e. The van der Waals surface area contributed by atoms with Crippen LogP contribution in [0.4, 0.5) is 5.82 Å². The molecule has 3 aromatic rings. The summed E-state index contributed by atoms with van der Waals surface area (Å²) in [5, 5.41) is 1.18. The highest BCUT2D eigenvalue weighted by atomic mass is 32.1. The van der Waals surface area contributed by atoms with Crippen LogP contribution in [0, 0.1) is 13.8 Å². The third-order valence-corrected chi connectivity index (χ3v) is 7.29. The molecule has 1 fully saturated rings. The van der Waals surface area contributed by atoms with Gasteiger partial charge in [-0.05, 0) is 31.4 Å². The summed E-state index contributed by atoms with van der Waals surface area (Å²) in [6.07, 6.45) is 4.69. The molecule has 0 unspecified atom stereocenters. The minimum Gasteiger partial charge on any atom is -0.352 e. The van der Waals surface area contributed by atoms with Crippen LogP contribution in [0.2, 0.25) is 0 Å². The molecule has 1 aliphatic heterocycles. The van der Waals surface area contributed by atoms with Crippen LogP contribution in [0.25, 0.3) is 10.2 Å². The Hall–Kier alpha value is -2.47. The molecular formula is C25H32N4OS. The van der Waals surface area contributed by atoms with Crippen LogP contribution in [0.1, 0.15) is 54.4 Å². The Morgan fingerprint density at radius 2 is 1.77 bits per heavy atom. The average molecular weight is 437 g/mol. The quantitative estimate of drug-likeness (QED) is 0.482. The number of rotatable bonds is 7. The predicted molar refractivity (Wildman–Crippen MR) is 129 cm³/mol. The molecule has 1 saturated heterocycles. The number of carbonyl (C=O) groups excluding carboxylic acids is 1. The summed E-state index contributed by atoms with van der Waals surface area (Å²) in [6.45, 7) is 9.70. The fraction of sp³-hybridized carbons (Fsp3) is 0.480. The Labute approximate surface area is 189 Å². The SMILES string of the molecule is CCCCCC(=O)N1CCN(c2nc(Cc3ccccc3)nc3sc(C)c(C)c23)CC1. The van der Waals surface area contributed by atoms with Gasteiger partial charge in [0.05, 0.1) is 5.39 Å². The molecule has 0 N–H and O–H groups in total. The van der Waals surface area contributed by atoms with Crippen LogP contribution < -0.4 is 4.90 Å². The molecule has 4 rings (SSSR count). The molecule has 2 aromatic heterocycles. The lowest BCUT2D eigenvalue weighted by molar-refractivity contribution is -0.131. The van der Waals surface area contributed by atoms with E-state index >= 15 is 0 Å². The molecule has 164 valence electrons. The van der Waals surface area contributed by atoms with Crippen molar-refractivity contribution in [3.63, 3.8) is 0 Å². The average Bonchev–Trinajstić information content (AvgIpc) is 3.07. The van der Waals surface area contributed by atoms with Crippen molar-refractivity contribution in [2.45, 2.75) is 52.9 Å². The van der Waals surface area contributed by atoms with Crippen molar-refractivity contribution in [2.75, 3.05) is 31.1 Å². The lowest BCUT2D eigenvalue weighted by atomic mass is 10.1. The van der Waals surface area contributed by atoms with Crippen LogP contribution in [-0.4, -0.2) is 47.0 Å². The highest BCUT2D eigenvalue weighted by Crippen LogP contribution is 2.35. The second kappa shape index (κ2) is 9.77. The molecule has 0 spiro atoms. The molecule has 0 radical (unpaired) electrons. The number of thiophene rings is 1. The standard InChI is InChI=1S/C25H32N4OS/c1-4-5-7-12-22(30)28-13-15-29(16-14-28)24-23-18(2)19(3)31-25(23)27-21(26-24)17-20-10-8-6-9-11-20/h6,8-11H,4-5,7,12-17H2,1-3H3. The van der Waals surface area contributed by atoms with Gasteiger partial charge in [0.25, 0.3) is 0 Å². The maximum atomic E-state index is 12.5. The Balaban J connectivity index is 1.56. The molecule has 0 saturated carbocycles. The van der Waals surface area contributed by atoms with Gasteiger partial charge in [-0.15, -0.1) is 11.3 Å². The molecule has 1 aromatic carbocycles. The van der Waals surface area contributed by atoms with Gasteiger partial charge in [-0.3, -0.25) is 4.79 Å². The van der Waals surface area contributed by atoms with E-state index in [1.54, 1.807) is 11.3 Å². The molecule has 5 nitrogen and oxygen atoms in total. The van der Waals surface area contributed by atoms with Crippen LogP contribution in [-0.2, 0) is 11.2 Å². The highest BCUT2D eigenvalue weighted by molar-refractivity contribution is 7.18. The molecule has 31 heavy (non-hydrogen) atoms. The number of piperazine rings is 1. The van der Waals surface area contributed by atoms with E-state index in [2.05, 4.69) is 49.9 Å². The van der Waals surface area contributed by atoms with Crippen molar-refractivity contribution >= 4 is 33.3 Å². The third-order valence-electron chi connectivity index (χ3n) is 6.19. The summed E-state index contributed by atoms with van der Waals surface area (Å²) < 4.78 is 0. The topological polar surface area (TPSA) is 49.3 Å². The van der Waals surface area contributed by atoms with E-state index in [1.165, 1.54) is 21.4 Å². The van der Waals surface area contributed by atoms with Crippen LogP contribution in [0.5, 0.6) is 0 Å². The maximum absolute atomic E-state index is 12.5. The number of hydrogen-bond donors (Lipinski definition) is 0. The summed E-state index contributed by atoms with van der Waals surface area (Å²) >= 11 is 1.76. The number of carbonyl (C=O) groups is 1. The van der Waals surface area contributed by atoms with Gasteiger partial charge in [0.1, 0.15) is 16.5 Å². The predicted octanol–water partition coefficient (Wildman–Crippen LogP) is 5.13. The molecule has 6 heteroatoms. The van der Waals surface area contributed by atoms with E-state index in [9.17, 15) is 4.79 Å². The summed E-state index contributed by atoms with van der Waals surface area (Å²) in [6, 6.07) is 10.4. The number of aryl methyl sites for hydroxylation is 2. The zero-order valence-electron chi connectivity index (χ0n) is 18.9. The zero-order chi connectivity index (χ0) is 21.8. The van der Waals surface area contributed by atoms with Crippen molar-refractivity contribution in [3.8, 4) is 0 Å². The van der Waals surface area contributed by atoms with Gasteiger partial charge in [0, 0.05) is 43.9 Å². The van der Waals surface area contributed by atoms with Gasteiger partial charge in [0.2, 0.25) is 5.91 Å². The first-order valence-corrected chi connectivity index (χ1v) is 12.2.